The fourth-order valence-electron chi connectivity index (χ4n) is 1.65. The molecule has 0 radical (unpaired) electrons. The van der Waals surface area contributed by atoms with E-state index in [4.69, 9.17) is 10.8 Å². The molecule has 0 bridgehead atoms. The lowest BCUT2D eigenvalue weighted by molar-refractivity contribution is -0.156. The zero-order chi connectivity index (χ0) is 11.9. The lowest BCUT2D eigenvalue weighted by Crippen LogP contribution is -2.44. The summed E-state index contributed by atoms with van der Waals surface area (Å²) in [6.45, 7) is 3.93. The van der Waals surface area contributed by atoms with Crippen LogP contribution in [0.2, 0.25) is 0 Å². The van der Waals surface area contributed by atoms with Gasteiger partial charge in [0.1, 0.15) is 5.41 Å². The van der Waals surface area contributed by atoms with Gasteiger partial charge in [0.05, 0.1) is 0 Å². The maximum absolute atomic E-state index is 11.3. The highest BCUT2D eigenvalue weighted by Gasteiger charge is 2.43. The highest BCUT2D eigenvalue weighted by atomic mass is 16.4. The number of nitrogens with two attached hydrogens (primary N) is 1. The van der Waals surface area contributed by atoms with Gasteiger partial charge < -0.3 is 10.8 Å². The number of carbonyl (C=O) groups excluding carboxylic acids is 1. The molecule has 0 aromatic rings. The van der Waals surface area contributed by atoms with Crippen LogP contribution >= 0.6 is 0 Å². The first kappa shape index (κ1) is 13.9. The van der Waals surface area contributed by atoms with Crippen LogP contribution in [0, 0.1) is 5.41 Å². The molecule has 3 N–H and O–H groups in total. The van der Waals surface area contributed by atoms with Crippen LogP contribution in [0.15, 0.2) is 0 Å². The van der Waals surface area contributed by atoms with Gasteiger partial charge in [-0.15, -0.1) is 0 Å². The average Bonchev–Trinajstić information content (AvgIpc) is 2.17. The molecule has 0 saturated heterocycles. The van der Waals surface area contributed by atoms with Gasteiger partial charge in [0.25, 0.3) is 0 Å². The summed E-state index contributed by atoms with van der Waals surface area (Å²) in [6, 6.07) is 0. The van der Waals surface area contributed by atoms with Crippen LogP contribution < -0.4 is 5.73 Å². The first-order chi connectivity index (χ1) is 7.01. The van der Waals surface area contributed by atoms with E-state index in [1.165, 1.54) is 0 Å². The van der Waals surface area contributed by atoms with Gasteiger partial charge in [0.15, 0.2) is 0 Å². The maximum Gasteiger partial charge on any atom is 0.319 e. The Balaban J connectivity index is 4.73. The Kier molecular flexibility index (Phi) is 5.97. The third kappa shape index (κ3) is 3.53. The van der Waals surface area contributed by atoms with Crippen molar-refractivity contribution >= 4 is 11.9 Å². The lowest BCUT2D eigenvalue weighted by Gasteiger charge is -2.25. The molecule has 0 fully saturated rings. The van der Waals surface area contributed by atoms with Crippen LogP contribution in [-0.4, -0.2) is 17.0 Å². The van der Waals surface area contributed by atoms with Crippen molar-refractivity contribution in [3.63, 3.8) is 0 Å². The number of aliphatic carboxylic acids is 1. The van der Waals surface area contributed by atoms with E-state index in [0.717, 1.165) is 25.7 Å². The second-order valence-corrected chi connectivity index (χ2v) is 3.96. The number of primary amides is 1. The predicted molar refractivity (Wildman–Crippen MR) is 58.3 cm³/mol. The van der Waals surface area contributed by atoms with Crippen molar-refractivity contribution in [1.82, 2.24) is 0 Å². The normalized spacial score (nSPS) is 11.3. The van der Waals surface area contributed by atoms with Gasteiger partial charge in [-0.25, -0.2) is 0 Å². The van der Waals surface area contributed by atoms with Crippen LogP contribution in [0.3, 0.4) is 0 Å². The molecule has 0 aromatic heterocycles. The number of hydrogen-bond donors (Lipinski definition) is 2. The fraction of sp³-hybridized carbons (Fsp3) is 0.818. The van der Waals surface area contributed by atoms with Crippen LogP contribution in [0.5, 0.6) is 0 Å². The largest absolute Gasteiger partial charge is 0.480 e. The van der Waals surface area contributed by atoms with Crippen LogP contribution in [0.4, 0.5) is 0 Å². The first-order valence-electron chi connectivity index (χ1n) is 5.54. The number of amides is 1. The Bertz CT molecular complexity index is 202. The SMILES string of the molecule is CCCCC(CCCC)(C(N)=O)C(=O)O. The van der Waals surface area contributed by atoms with Gasteiger partial charge in [-0.1, -0.05) is 39.5 Å². The molecule has 0 aliphatic rings. The average molecular weight is 215 g/mol. The highest BCUT2D eigenvalue weighted by Crippen LogP contribution is 2.31. The highest BCUT2D eigenvalue weighted by molar-refractivity contribution is 6.01. The van der Waals surface area contributed by atoms with Crippen LogP contribution in [0.1, 0.15) is 52.4 Å². The topological polar surface area (TPSA) is 80.4 Å². The minimum Gasteiger partial charge on any atom is -0.480 e. The predicted octanol–water partition coefficient (Wildman–Crippen LogP) is 1.92. The van der Waals surface area contributed by atoms with E-state index in [0.29, 0.717) is 12.8 Å². The number of carboxylic acid groups (broad SMARTS) is 1. The van der Waals surface area contributed by atoms with Crippen molar-refractivity contribution in [2.24, 2.45) is 11.1 Å². The molecule has 0 aliphatic heterocycles. The zero-order valence-electron chi connectivity index (χ0n) is 9.58. The van der Waals surface area contributed by atoms with E-state index < -0.39 is 17.3 Å². The Labute approximate surface area is 90.8 Å². The maximum atomic E-state index is 11.3. The Morgan fingerprint density at radius 3 is 1.73 bits per heavy atom. The first-order valence-corrected chi connectivity index (χ1v) is 5.54. The molecule has 0 aliphatic carbocycles. The fourth-order valence-corrected chi connectivity index (χ4v) is 1.65. The Morgan fingerprint density at radius 1 is 1.13 bits per heavy atom. The van der Waals surface area contributed by atoms with Gasteiger partial charge in [-0.3, -0.25) is 9.59 Å². The van der Waals surface area contributed by atoms with E-state index >= 15 is 0 Å². The summed E-state index contributed by atoms with van der Waals surface area (Å²) < 4.78 is 0. The van der Waals surface area contributed by atoms with Crippen molar-refractivity contribution in [1.29, 1.82) is 0 Å². The molecule has 88 valence electrons. The molecule has 4 heteroatoms. The van der Waals surface area contributed by atoms with E-state index in [-0.39, 0.29) is 0 Å². The summed E-state index contributed by atoms with van der Waals surface area (Å²) in [4.78, 5) is 22.5. The van der Waals surface area contributed by atoms with Gasteiger partial charge in [-0.2, -0.15) is 0 Å². The molecule has 0 spiro atoms. The molecular formula is C11H21NO3. The second-order valence-electron chi connectivity index (χ2n) is 3.96. The van der Waals surface area contributed by atoms with Gasteiger partial charge in [0, 0.05) is 0 Å². The van der Waals surface area contributed by atoms with Gasteiger partial charge in [-0.05, 0) is 12.8 Å². The summed E-state index contributed by atoms with van der Waals surface area (Å²) in [5.41, 5.74) is 3.89. The zero-order valence-corrected chi connectivity index (χ0v) is 9.58. The monoisotopic (exact) mass is 215 g/mol. The Morgan fingerprint density at radius 2 is 1.53 bits per heavy atom. The smallest absolute Gasteiger partial charge is 0.319 e. The van der Waals surface area contributed by atoms with Crippen LogP contribution in [0.25, 0.3) is 0 Å². The van der Waals surface area contributed by atoms with Gasteiger partial charge >= 0.3 is 5.97 Å². The molecule has 15 heavy (non-hydrogen) atoms. The molecule has 1 amide bonds. The minimum atomic E-state index is -1.34. The summed E-state index contributed by atoms with van der Waals surface area (Å²) in [5, 5.41) is 9.15. The van der Waals surface area contributed by atoms with Crippen molar-refractivity contribution in [3.8, 4) is 0 Å². The Hall–Kier alpha value is -1.06. The number of carboxylic acids is 1. The third-order valence-corrected chi connectivity index (χ3v) is 2.80. The molecule has 0 rings (SSSR count). The molecule has 0 atom stereocenters. The summed E-state index contributed by atoms with van der Waals surface area (Å²) >= 11 is 0. The van der Waals surface area contributed by atoms with E-state index in [1.54, 1.807) is 0 Å². The molecule has 0 heterocycles. The summed E-state index contributed by atoms with van der Waals surface area (Å²) in [7, 11) is 0. The molecule has 4 nitrogen and oxygen atoms in total. The number of rotatable bonds is 8. The summed E-state index contributed by atoms with van der Waals surface area (Å²) in [5.74, 6) is -1.77. The lowest BCUT2D eigenvalue weighted by atomic mass is 9.77. The van der Waals surface area contributed by atoms with Crippen molar-refractivity contribution in [2.45, 2.75) is 52.4 Å². The van der Waals surface area contributed by atoms with E-state index in [1.807, 2.05) is 13.8 Å². The molecule has 0 aromatic carbocycles. The van der Waals surface area contributed by atoms with Crippen LogP contribution in [-0.2, 0) is 9.59 Å². The van der Waals surface area contributed by atoms with E-state index in [9.17, 15) is 9.59 Å². The standard InChI is InChI=1S/C11H21NO3/c1-3-5-7-11(9(12)13,10(14)15)8-6-4-2/h3-8H2,1-2H3,(H2,12,13)(H,14,15). The molecule has 0 saturated carbocycles. The van der Waals surface area contributed by atoms with Gasteiger partial charge in [0.2, 0.25) is 5.91 Å². The minimum absolute atomic E-state index is 0.355. The van der Waals surface area contributed by atoms with Crippen molar-refractivity contribution in [2.75, 3.05) is 0 Å². The summed E-state index contributed by atoms with van der Waals surface area (Å²) in [6.07, 6.45) is 3.89. The number of hydrogen-bond acceptors (Lipinski definition) is 2. The molecule has 0 unspecified atom stereocenters. The quantitative estimate of drug-likeness (QED) is 0.607. The number of carbonyl (C=O) groups is 2. The number of unbranched alkanes of at least 4 members (excludes halogenated alkanes) is 2. The van der Waals surface area contributed by atoms with Crippen molar-refractivity contribution < 1.29 is 14.7 Å². The van der Waals surface area contributed by atoms with E-state index in [2.05, 4.69) is 0 Å². The second kappa shape index (κ2) is 6.43. The molecular weight excluding hydrogens is 194 g/mol. The third-order valence-electron chi connectivity index (χ3n) is 2.80. The van der Waals surface area contributed by atoms with Crippen molar-refractivity contribution in [3.05, 3.63) is 0 Å².